The van der Waals surface area contributed by atoms with E-state index in [0.29, 0.717) is 12.2 Å². The molecule has 0 spiro atoms. The Kier molecular flexibility index (Phi) is 5.99. The van der Waals surface area contributed by atoms with Crippen molar-refractivity contribution in [3.63, 3.8) is 0 Å². The molecule has 2 heterocycles. The molecular formula is C24H29N5O3. The van der Waals surface area contributed by atoms with E-state index < -0.39 is 18.1 Å². The number of carbonyl (C=O) groups excluding carboxylic acids is 3. The van der Waals surface area contributed by atoms with Gasteiger partial charge in [0.2, 0.25) is 5.91 Å². The predicted molar refractivity (Wildman–Crippen MR) is 123 cm³/mol. The van der Waals surface area contributed by atoms with Gasteiger partial charge in [-0.05, 0) is 43.5 Å². The van der Waals surface area contributed by atoms with Crippen molar-refractivity contribution >= 4 is 29.2 Å². The summed E-state index contributed by atoms with van der Waals surface area (Å²) < 4.78 is 0. The van der Waals surface area contributed by atoms with Crippen molar-refractivity contribution in [2.75, 3.05) is 30.4 Å². The van der Waals surface area contributed by atoms with E-state index in [4.69, 9.17) is 0 Å². The lowest BCUT2D eigenvalue weighted by Crippen LogP contribution is -2.66. The molecule has 32 heavy (non-hydrogen) atoms. The van der Waals surface area contributed by atoms with Crippen LogP contribution in [0.5, 0.6) is 0 Å². The summed E-state index contributed by atoms with van der Waals surface area (Å²) >= 11 is 0. The molecule has 2 atom stereocenters. The minimum Gasteiger partial charge on any atom is -0.324 e. The molecule has 2 aromatic rings. The highest BCUT2D eigenvalue weighted by molar-refractivity contribution is 6.19. The van der Waals surface area contributed by atoms with Gasteiger partial charge in [0.05, 0.1) is 11.7 Å². The third kappa shape index (κ3) is 3.87. The molecule has 2 saturated heterocycles. The standard InChI is InChI=1S/C24H29N5O3/c1-5-17-8-6-7-16(3)21(17)26-20(30)14-28-19-13-25-27(4)22(19)23(31)29(24(28)32)18-11-9-15(2)10-12-18/h6-12,19,22,25H,5,13-14H2,1-4H3,(H,26,30). The Bertz CT molecular complexity index is 1050. The Morgan fingerprint density at radius 1 is 1.12 bits per heavy atom. The number of anilines is 2. The highest BCUT2D eigenvalue weighted by Crippen LogP contribution is 2.29. The third-order valence-corrected chi connectivity index (χ3v) is 6.25. The number of urea groups is 1. The molecule has 2 N–H and O–H groups in total. The first kappa shape index (κ1) is 22.0. The molecule has 0 aromatic heterocycles. The van der Waals surface area contributed by atoms with Crippen molar-refractivity contribution in [1.82, 2.24) is 15.3 Å². The van der Waals surface area contributed by atoms with E-state index in [0.717, 1.165) is 28.8 Å². The lowest BCUT2D eigenvalue weighted by Gasteiger charge is -2.42. The SMILES string of the molecule is CCc1cccc(C)c1NC(=O)CN1C(=O)N(c2ccc(C)cc2)C(=O)C2C1CNN2C. The number of aryl methyl sites for hydroxylation is 3. The van der Waals surface area contributed by atoms with Crippen LogP contribution in [-0.4, -0.2) is 60.0 Å². The molecule has 2 unspecified atom stereocenters. The summed E-state index contributed by atoms with van der Waals surface area (Å²) in [5, 5.41) is 4.72. The maximum Gasteiger partial charge on any atom is 0.332 e. The lowest BCUT2D eigenvalue weighted by molar-refractivity contribution is -0.126. The highest BCUT2D eigenvalue weighted by Gasteiger charge is 2.52. The second-order valence-electron chi connectivity index (χ2n) is 8.42. The predicted octanol–water partition coefficient (Wildman–Crippen LogP) is 2.46. The summed E-state index contributed by atoms with van der Waals surface area (Å²) in [6.45, 7) is 6.21. The fourth-order valence-electron chi connectivity index (χ4n) is 4.47. The minimum atomic E-state index is -0.563. The summed E-state index contributed by atoms with van der Waals surface area (Å²) in [6.07, 6.45) is 0.787. The number of fused-ring (bicyclic) bond motifs is 1. The third-order valence-electron chi connectivity index (χ3n) is 6.25. The second-order valence-corrected chi connectivity index (χ2v) is 8.42. The Hall–Kier alpha value is -3.23. The van der Waals surface area contributed by atoms with Gasteiger partial charge in [0.15, 0.2) is 0 Å². The van der Waals surface area contributed by atoms with Crippen LogP contribution in [0.4, 0.5) is 16.2 Å². The van der Waals surface area contributed by atoms with E-state index in [9.17, 15) is 14.4 Å². The van der Waals surface area contributed by atoms with E-state index in [1.165, 1.54) is 9.80 Å². The van der Waals surface area contributed by atoms with Gasteiger partial charge in [-0.3, -0.25) is 15.0 Å². The first-order valence-electron chi connectivity index (χ1n) is 10.9. The van der Waals surface area contributed by atoms with E-state index in [1.54, 1.807) is 24.2 Å². The monoisotopic (exact) mass is 435 g/mol. The van der Waals surface area contributed by atoms with Crippen molar-refractivity contribution in [1.29, 1.82) is 0 Å². The Morgan fingerprint density at radius 2 is 1.84 bits per heavy atom. The Morgan fingerprint density at radius 3 is 2.53 bits per heavy atom. The lowest BCUT2D eigenvalue weighted by atomic mass is 10.0. The quantitative estimate of drug-likeness (QED) is 0.754. The molecule has 4 amide bonds. The van der Waals surface area contributed by atoms with Gasteiger partial charge < -0.3 is 10.2 Å². The number of carbonyl (C=O) groups is 3. The van der Waals surface area contributed by atoms with Gasteiger partial charge in [-0.1, -0.05) is 42.8 Å². The maximum atomic E-state index is 13.5. The van der Waals surface area contributed by atoms with Crippen molar-refractivity contribution in [2.24, 2.45) is 0 Å². The zero-order valence-electron chi connectivity index (χ0n) is 18.9. The van der Waals surface area contributed by atoms with Crippen molar-refractivity contribution in [3.05, 3.63) is 59.2 Å². The van der Waals surface area contributed by atoms with Gasteiger partial charge in [-0.2, -0.15) is 0 Å². The molecule has 0 saturated carbocycles. The normalized spacial score (nSPS) is 21.1. The van der Waals surface area contributed by atoms with Crippen LogP contribution < -0.4 is 15.6 Å². The van der Waals surface area contributed by atoms with E-state index in [2.05, 4.69) is 10.7 Å². The number of amides is 4. The Labute approximate surface area is 188 Å². The highest BCUT2D eigenvalue weighted by atomic mass is 16.2. The molecule has 8 heteroatoms. The number of hydrazine groups is 1. The van der Waals surface area contributed by atoms with Crippen LogP contribution in [0.25, 0.3) is 0 Å². The first-order valence-corrected chi connectivity index (χ1v) is 10.9. The van der Waals surface area contributed by atoms with Crippen LogP contribution in [0, 0.1) is 13.8 Å². The van der Waals surface area contributed by atoms with Crippen LogP contribution in [0.1, 0.15) is 23.6 Å². The minimum absolute atomic E-state index is 0.136. The number of nitrogens with zero attached hydrogens (tertiary/aromatic N) is 3. The summed E-state index contributed by atoms with van der Waals surface area (Å²) in [5.74, 6) is -0.575. The van der Waals surface area contributed by atoms with Crippen molar-refractivity contribution < 1.29 is 14.4 Å². The molecule has 2 fully saturated rings. The van der Waals surface area contributed by atoms with Crippen LogP contribution in [0.2, 0.25) is 0 Å². The number of imide groups is 1. The molecule has 8 nitrogen and oxygen atoms in total. The number of nitrogens with one attached hydrogen (secondary N) is 2. The molecule has 168 valence electrons. The average Bonchev–Trinajstić information content (AvgIpc) is 3.15. The number of benzene rings is 2. The number of hydrogen-bond donors (Lipinski definition) is 2. The van der Waals surface area contributed by atoms with Gasteiger partial charge in [-0.15, -0.1) is 0 Å². The summed E-state index contributed by atoms with van der Waals surface area (Å²) in [4.78, 5) is 42.4. The van der Waals surface area contributed by atoms with Crippen LogP contribution in [0.15, 0.2) is 42.5 Å². The van der Waals surface area contributed by atoms with Gasteiger partial charge in [0.1, 0.15) is 12.6 Å². The van der Waals surface area contributed by atoms with Crippen LogP contribution >= 0.6 is 0 Å². The maximum absolute atomic E-state index is 13.5. The van der Waals surface area contributed by atoms with Gasteiger partial charge in [0, 0.05) is 19.3 Å². The fourth-order valence-corrected chi connectivity index (χ4v) is 4.47. The summed E-state index contributed by atoms with van der Waals surface area (Å²) in [7, 11) is 1.78. The van der Waals surface area contributed by atoms with Crippen LogP contribution in [-0.2, 0) is 16.0 Å². The topological polar surface area (TPSA) is 85.0 Å². The number of likely N-dealkylation sites (N-methyl/N-ethyl adjacent to an activating group) is 1. The second kappa shape index (κ2) is 8.72. The molecule has 0 bridgehead atoms. The van der Waals surface area contributed by atoms with E-state index >= 15 is 0 Å². The van der Waals surface area contributed by atoms with Gasteiger partial charge in [-0.25, -0.2) is 14.7 Å². The average molecular weight is 436 g/mol. The largest absolute Gasteiger partial charge is 0.332 e. The van der Waals surface area contributed by atoms with E-state index in [-0.39, 0.29) is 18.4 Å². The van der Waals surface area contributed by atoms with Crippen molar-refractivity contribution in [2.45, 2.75) is 39.3 Å². The van der Waals surface area contributed by atoms with Crippen molar-refractivity contribution in [3.8, 4) is 0 Å². The number of rotatable bonds is 5. The molecule has 0 aliphatic carbocycles. The summed E-state index contributed by atoms with van der Waals surface area (Å²) in [5.41, 5.74) is 7.47. The number of para-hydroxylation sites is 1. The van der Waals surface area contributed by atoms with E-state index in [1.807, 2.05) is 51.1 Å². The molecule has 4 rings (SSSR count). The zero-order chi connectivity index (χ0) is 23.0. The summed E-state index contributed by atoms with van der Waals surface area (Å²) in [6, 6.07) is 11.7. The smallest absolute Gasteiger partial charge is 0.324 e. The van der Waals surface area contributed by atoms with Crippen LogP contribution in [0.3, 0.4) is 0 Å². The fraction of sp³-hybridized carbons (Fsp3) is 0.375. The number of hydrogen-bond acceptors (Lipinski definition) is 5. The molecule has 2 aliphatic heterocycles. The van der Waals surface area contributed by atoms with Gasteiger partial charge in [0.25, 0.3) is 5.91 Å². The van der Waals surface area contributed by atoms with Gasteiger partial charge >= 0.3 is 6.03 Å². The molecule has 0 radical (unpaired) electrons. The zero-order valence-corrected chi connectivity index (χ0v) is 18.9. The molecule has 2 aromatic carbocycles. The molecule has 2 aliphatic rings. The Balaban J connectivity index is 1.62. The molecular weight excluding hydrogens is 406 g/mol. The first-order chi connectivity index (χ1) is 15.3.